The van der Waals surface area contributed by atoms with Crippen LogP contribution in [0.4, 0.5) is 5.69 Å². The average molecular weight is 208 g/mol. The van der Waals surface area contributed by atoms with Crippen molar-refractivity contribution in [1.29, 1.82) is 5.26 Å². The van der Waals surface area contributed by atoms with Gasteiger partial charge in [-0.3, -0.25) is 0 Å². The predicted molar refractivity (Wildman–Crippen MR) is 53.6 cm³/mol. The number of nitriles is 1. The summed E-state index contributed by atoms with van der Waals surface area (Å²) in [5.41, 5.74) is 6.39. The van der Waals surface area contributed by atoms with Crippen molar-refractivity contribution < 1.29 is 15.3 Å². The van der Waals surface area contributed by atoms with Gasteiger partial charge in [0.15, 0.2) is 0 Å². The molecule has 0 amide bonds. The van der Waals surface area contributed by atoms with Gasteiger partial charge in [0.25, 0.3) is 0 Å². The number of aliphatic hydroxyl groups is 3. The Balaban J connectivity index is 3.02. The lowest BCUT2D eigenvalue weighted by Crippen LogP contribution is -2.22. The van der Waals surface area contributed by atoms with Crippen molar-refractivity contribution >= 4 is 5.69 Å². The molecule has 0 aliphatic rings. The summed E-state index contributed by atoms with van der Waals surface area (Å²) < 4.78 is 0. The summed E-state index contributed by atoms with van der Waals surface area (Å²) in [5.74, 6) is 0. The second-order valence-corrected chi connectivity index (χ2v) is 3.15. The Morgan fingerprint density at radius 3 is 2.60 bits per heavy atom. The summed E-state index contributed by atoms with van der Waals surface area (Å²) in [7, 11) is 0. The van der Waals surface area contributed by atoms with Crippen molar-refractivity contribution in [2.75, 3.05) is 12.3 Å². The minimum absolute atomic E-state index is 0.233. The van der Waals surface area contributed by atoms with Gasteiger partial charge >= 0.3 is 0 Å². The summed E-state index contributed by atoms with van der Waals surface area (Å²) in [6, 6.07) is 6.23. The lowest BCUT2D eigenvalue weighted by molar-refractivity contribution is -0.0152. The molecule has 0 saturated heterocycles. The minimum Gasteiger partial charge on any atom is -0.398 e. The smallest absolute Gasteiger partial charge is 0.107 e. The maximum atomic E-state index is 9.54. The molecule has 0 radical (unpaired) electrons. The van der Waals surface area contributed by atoms with Gasteiger partial charge in [0.1, 0.15) is 18.3 Å². The Bertz CT molecular complexity index is 387. The van der Waals surface area contributed by atoms with E-state index < -0.39 is 18.8 Å². The normalized spacial score (nSPS) is 14.3. The third-order valence-electron chi connectivity index (χ3n) is 2.09. The Kier molecular flexibility index (Phi) is 3.63. The van der Waals surface area contributed by atoms with Gasteiger partial charge in [-0.25, -0.2) is 0 Å². The lowest BCUT2D eigenvalue weighted by atomic mass is 10.0. The van der Waals surface area contributed by atoms with Gasteiger partial charge < -0.3 is 21.1 Å². The molecule has 80 valence electrons. The van der Waals surface area contributed by atoms with E-state index in [2.05, 4.69) is 0 Å². The van der Waals surface area contributed by atoms with Crippen molar-refractivity contribution in [2.24, 2.45) is 0 Å². The van der Waals surface area contributed by atoms with Crippen LogP contribution in [0.2, 0.25) is 0 Å². The number of aliphatic hydroxyl groups excluding tert-OH is 3. The van der Waals surface area contributed by atoms with E-state index in [9.17, 15) is 10.2 Å². The molecule has 5 heteroatoms. The Labute approximate surface area is 87.0 Å². The topological polar surface area (TPSA) is 110 Å². The SMILES string of the molecule is N#Cc1cc(C(O)C(O)CO)ccc1N. The van der Waals surface area contributed by atoms with Crippen LogP contribution in [0, 0.1) is 11.3 Å². The van der Waals surface area contributed by atoms with E-state index in [-0.39, 0.29) is 5.56 Å². The number of hydrogen-bond acceptors (Lipinski definition) is 5. The monoisotopic (exact) mass is 208 g/mol. The molecule has 0 aliphatic heterocycles. The van der Waals surface area contributed by atoms with Crippen LogP contribution in [-0.2, 0) is 0 Å². The number of nitrogens with two attached hydrogens (primary N) is 1. The Morgan fingerprint density at radius 1 is 1.40 bits per heavy atom. The van der Waals surface area contributed by atoms with E-state index >= 15 is 0 Å². The van der Waals surface area contributed by atoms with Crippen LogP contribution >= 0.6 is 0 Å². The van der Waals surface area contributed by atoms with Crippen LogP contribution in [0.15, 0.2) is 18.2 Å². The maximum absolute atomic E-state index is 9.54. The van der Waals surface area contributed by atoms with E-state index in [1.165, 1.54) is 18.2 Å². The van der Waals surface area contributed by atoms with Gasteiger partial charge in [0.05, 0.1) is 12.2 Å². The van der Waals surface area contributed by atoms with Crippen LogP contribution in [0.1, 0.15) is 17.2 Å². The molecule has 0 saturated carbocycles. The molecule has 0 bridgehead atoms. The fraction of sp³-hybridized carbons (Fsp3) is 0.300. The zero-order valence-corrected chi connectivity index (χ0v) is 7.96. The first-order chi connectivity index (χ1) is 7.10. The first-order valence-corrected chi connectivity index (χ1v) is 4.36. The maximum Gasteiger partial charge on any atom is 0.107 e. The van der Waals surface area contributed by atoms with Gasteiger partial charge in [-0.1, -0.05) is 6.07 Å². The molecule has 0 heterocycles. The van der Waals surface area contributed by atoms with E-state index in [0.29, 0.717) is 11.3 Å². The second kappa shape index (κ2) is 4.75. The van der Waals surface area contributed by atoms with E-state index in [0.717, 1.165) is 0 Å². The van der Waals surface area contributed by atoms with Gasteiger partial charge in [0, 0.05) is 5.69 Å². The van der Waals surface area contributed by atoms with Gasteiger partial charge in [-0.15, -0.1) is 0 Å². The van der Waals surface area contributed by atoms with Crippen LogP contribution in [0.25, 0.3) is 0 Å². The molecule has 0 spiro atoms. The number of benzene rings is 1. The Morgan fingerprint density at radius 2 is 2.07 bits per heavy atom. The highest BCUT2D eigenvalue weighted by Gasteiger charge is 2.18. The Hall–Kier alpha value is -1.61. The van der Waals surface area contributed by atoms with Crippen LogP contribution < -0.4 is 5.73 Å². The fourth-order valence-electron chi connectivity index (χ4n) is 1.18. The molecule has 1 aromatic carbocycles. The number of hydrogen-bond donors (Lipinski definition) is 4. The molecule has 2 unspecified atom stereocenters. The van der Waals surface area contributed by atoms with Gasteiger partial charge in [0.2, 0.25) is 0 Å². The number of rotatable bonds is 3. The van der Waals surface area contributed by atoms with Crippen molar-refractivity contribution in [3.05, 3.63) is 29.3 Å². The molecule has 5 N–H and O–H groups in total. The van der Waals surface area contributed by atoms with Crippen LogP contribution in [0.5, 0.6) is 0 Å². The van der Waals surface area contributed by atoms with Crippen LogP contribution in [-0.4, -0.2) is 28.0 Å². The quantitative estimate of drug-likeness (QED) is 0.502. The van der Waals surface area contributed by atoms with Crippen molar-refractivity contribution in [3.63, 3.8) is 0 Å². The van der Waals surface area contributed by atoms with E-state index in [1.807, 2.05) is 6.07 Å². The summed E-state index contributed by atoms with van der Waals surface area (Å²) in [6.45, 7) is -0.548. The van der Waals surface area contributed by atoms with E-state index in [4.69, 9.17) is 16.1 Å². The van der Waals surface area contributed by atoms with Gasteiger partial charge in [-0.2, -0.15) is 5.26 Å². The summed E-state index contributed by atoms with van der Waals surface area (Å²) in [4.78, 5) is 0. The first kappa shape index (κ1) is 11.5. The molecule has 0 aliphatic carbocycles. The molecular weight excluding hydrogens is 196 g/mol. The molecule has 15 heavy (non-hydrogen) atoms. The van der Waals surface area contributed by atoms with Gasteiger partial charge in [-0.05, 0) is 17.7 Å². The standard InChI is InChI=1S/C10H12N2O3/c11-4-7-3-6(1-2-8(7)12)10(15)9(14)5-13/h1-3,9-10,13-15H,5,12H2. The molecule has 1 rings (SSSR count). The zero-order valence-electron chi connectivity index (χ0n) is 7.96. The molecule has 1 aromatic rings. The van der Waals surface area contributed by atoms with Crippen molar-refractivity contribution in [1.82, 2.24) is 0 Å². The third-order valence-corrected chi connectivity index (χ3v) is 2.09. The highest BCUT2D eigenvalue weighted by Crippen LogP contribution is 2.21. The second-order valence-electron chi connectivity index (χ2n) is 3.15. The highest BCUT2D eigenvalue weighted by molar-refractivity contribution is 5.55. The summed E-state index contributed by atoms with van der Waals surface area (Å²) in [6.07, 6.45) is -2.48. The minimum atomic E-state index is -1.26. The first-order valence-electron chi connectivity index (χ1n) is 4.36. The lowest BCUT2D eigenvalue weighted by Gasteiger charge is -2.16. The number of anilines is 1. The molecule has 0 aromatic heterocycles. The summed E-state index contributed by atoms with van der Waals surface area (Å²) in [5, 5.41) is 36.1. The third kappa shape index (κ3) is 2.44. The summed E-state index contributed by atoms with van der Waals surface area (Å²) >= 11 is 0. The van der Waals surface area contributed by atoms with Crippen molar-refractivity contribution in [3.8, 4) is 6.07 Å². The fourth-order valence-corrected chi connectivity index (χ4v) is 1.18. The molecule has 0 fully saturated rings. The number of nitrogens with zero attached hydrogens (tertiary/aromatic N) is 1. The average Bonchev–Trinajstić information content (AvgIpc) is 2.27. The predicted octanol–water partition coefficient (Wildman–Crippen LogP) is -0.473. The van der Waals surface area contributed by atoms with Crippen LogP contribution in [0.3, 0.4) is 0 Å². The zero-order chi connectivity index (χ0) is 11.4. The molecular formula is C10H12N2O3. The number of nitrogen functional groups attached to an aromatic ring is 1. The van der Waals surface area contributed by atoms with Crippen molar-refractivity contribution in [2.45, 2.75) is 12.2 Å². The largest absolute Gasteiger partial charge is 0.398 e. The molecule has 5 nitrogen and oxygen atoms in total. The molecule has 2 atom stereocenters. The van der Waals surface area contributed by atoms with E-state index in [1.54, 1.807) is 0 Å². The highest BCUT2D eigenvalue weighted by atomic mass is 16.4.